The number of rotatable bonds is 1. The van der Waals surface area contributed by atoms with E-state index in [9.17, 15) is 5.11 Å². The molecular formula is C11H19N3O. The average molecular weight is 209 g/mol. The Labute approximate surface area is 90.1 Å². The summed E-state index contributed by atoms with van der Waals surface area (Å²) in [7, 11) is 0. The minimum atomic E-state index is -0.292. The van der Waals surface area contributed by atoms with Gasteiger partial charge in [-0.2, -0.15) is 5.10 Å². The second kappa shape index (κ2) is 3.85. The van der Waals surface area contributed by atoms with Crippen LogP contribution in [-0.2, 0) is 0 Å². The van der Waals surface area contributed by atoms with Crippen molar-refractivity contribution in [2.45, 2.75) is 51.7 Å². The molecule has 0 bridgehead atoms. The highest BCUT2D eigenvalue weighted by Crippen LogP contribution is 2.31. The number of hydrogen-bond donors (Lipinski definition) is 2. The van der Waals surface area contributed by atoms with Gasteiger partial charge in [0.25, 0.3) is 0 Å². The van der Waals surface area contributed by atoms with Crippen LogP contribution < -0.4 is 5.73 Å². The molecule has 1 fully saturated rings. The number of nitrogen functional groups attached to an aromatic ring is 1. The number of nitrogens with zero attached hydrogens (tertiary/aromatic N) is 2. The third-order valence-electron chi connectivity index (χ3n) is 3.44. The van der Waals surface area contributed by atoms with Gasteiger partial charge in [-0.3, -0.25) is 0 Å². The molecule has 1 unspecified atom stereocenters. The van der Waals surface area contributed by atoms with Crippen molar-refractivity contribution in [3.8, 4) is 0 Å². The summed E-state index contributed by atoms with van der Waals surface area (Å²) in [5.74, 6) is 0.707. The largest absolute Gasteiger partial charge is 0.391 e. The number of nitrogens with two attached hydrogens (primary N) is 1. The fraction of sp³-hybridized carbons (Fsp3) is 0.727. The van der Waals surface area contributed by atoms with Crippen LogP contribution in [0.15, 0.2) is 0 Å². The Hall–Kier alpha value is -1.03. The average Bonchev–Trinajstić information content (AvgIpc) is 2.47. The molecule has 3 N–H and O–H groups in total. The van der Waals surface area contributed by atoms with Crippen molar-refractivity contribution in [3.05, 3.63) is 11.3 Å². The maximum Gasteiger partial charge on any atom is 0.125 e. The topological polar surface area (TPSA) is 64.1 Å². The zero-order valence-electron chi connectivity index (χ0n) is 9.40. The standard InChI is InChI=1S/C11H19N3O/c1-7-8(2)13-14(11(7)12)9-5-3-4-6-10(9)15/h9-10,15H,3-6,12H2,1-2H3/t9?,10-/m0/s1. The van der Waals surface area contributed by atoms with Crippen LogP contribution >= 0.6 is 0 Å². The van der Waals surface area contributed by atoms with Crippen molar-refractivity contribution < 1.29 is 5.11 Å². The highest BCUT2D eigenvalue weighted by molar-refractivity contribution is 5.42. The summed E-state index contributed by atoms with van der Waals surface area (Å²) in [5, 5.41) is 14.3. The molecule has 4 heteroatoms. The molecule has 15 heavy (non-hydrogen) atoms. The molecule has 2 atom stereocenters. The highest BCUT2D eigenvalue weighted by Gasteiger charge is 2.27. The van der Waals surface area contributed by atoms with Crippen LogP contribution in [0.3, 0.4) is 0 Å². The Kier molecular flexibility index (Phi) is 2.69. The molecule has 0 aromatic carbocycles. The van der Waals surface area contributed by atoms with Gasteiger partial charge in [0.1, 0.15) is 5.82 Å². The lowest BCUT2D eigenvalue weighted by Crippen LogP contribution is -2.29. The van der Waals surface area contributed by atoms with Gasteiger partial charge in [-0.1, -0.05) is 12.8 Å². The molecule has 1 aromatic heterocycles. The van der Waals surface area contributed by atoms with Crippen molar-refractivity contribution in [1.82, 2.24) is 9.78 Å². The number of aryl methyl sites for hydroxylation is 1. The molecule has 0 aliphatic heterocycles. The fourth-order valence-corrected chi connectivity index (χ4v) is 2.28. The summed E-state index contributed by atoms with van der Waals surface area (Å²) < 4.78 is 1.81. The first-order valence-electron chi connectivity index (χ1n) is 5.60. The van der Waals surface area contributed by atoms with E-state index in [2.05, 4.69) is 5.10 Å². The van der Waals surface area contributed by atoms with Crippen LogP contribution in [0.5, 0.6) is 0 Å². The third kappa shape index (κ3) is 1.74. The molecule has 1 aliphatic carbocycles. The van der Waals surface area contributed by atoms with Gasteiger partial charge in [0.2, 0.25) is 0 Å². The number of aliphatic hydroxyl groups is 1. The van der Waals surface area contributed by atoms with Gasteiger partial charge < -0.3 is 10.8 Å². The van der Waals surface area contributed by atoms with Crippen molar-refractivity contribution in [2.75, 3.05) is 5.73 Å². The maximum atomic E-state index is 9.93. The molecule has 1 saturated carbocycles. The molecular weight excluding hydrogens is 190 g/mol. The Balaban J connectivity index is 2.31. The van der Waals surface area contributed by atoms with Crippen molar-refractivity contribution >= 4 is 5.82 Å². The first kappa shape index (κ1) is 10.5. The Morgan fingerprint density at radius 1 is 1.33 bits per heavy atom. The molecule has 4 nitrogen and oxygen atoms in total. The van der Waals surface area contributed by atoms with E-state index in [0.717, 1.165) is 36.9 Å². The van der Waals surface area contributed by atoms with E-state index in [1.54, 1.807) is 0 Å². The van der Waals surface area contributed by atoms with Gasteiger partial charge in [-0.05, 0) is 26.7 Å². The summed E-state index contributed by atoms with van der Waals surface area (Å²) >= 11 is 0. The van der Waals surface area contributed by atoms with Crippen LogP contribution in [-0.4, -0.2) is 21.0 Å². The number of aliphatic hydroxyl groups excluding tert-OH is 1. The second-order valence-corrected chi connectivity index (χ2v) is 4.46. The van der Waals surface area contributed by atoms with Gasteiger partial charge in [0.15, 0.2) is 0 Å². The van der Waals surface area contributed by atoms with Crippen molar-refractivity contribution in [3.63, 3.8) is 0 Å². The van der Waals surface area contributed by atoms with Crippen LogP contribution in [0.2, 0.25) is 0 Å². The molecule has 1 aromatic rings. The summed E-state index contributed by atoms with van der Waals surface area (Å²) in [5.41, 5.74) is 7.98. The summed E-state index contributed by atoms with van der Waals surface area (Å²) in [6.45, 7) is 3.93. The van der Waals surface area contributed by atoms with Crippen LogP contribution in [0, 0.1) is 13.8 Å². The molecule has 1 heterocycles. The van der Waals surface area contributed by atoms with E-state index in [4.69, 9.17) is 5.73 Å². The summed E-state index contributed by atoms with van der Waals surface area (Å²) in [4.78, 5) is 0. The van der Waals surface area contributed by atoms with Crippen LogP contribution in [0.25, 0.3) is 0 Å². The van der Waals surface area contributed by atoms with Gasteiger partial charge >= 0.3 is 0 Å². The minimum Gasteiger partial charge on any atom is -0.391 e. The zero-order chi connectivity index (χ0) is 11.0. The van der Waals surface area contributed by atoms with Gasteiger partial charge in [-0.25, -0.2) is 4.68 Å². The SMILES string of the molecule is Cc1nn(C2CCCC[C@@H]2O)c(N)c1C. The zero-order valence-corrected chi connectivity index (χ0v) is 9.40. The van der Waals surface area contributed by atoms with E-state index in [0.29, 0.717) is 5.82 Å². The smallest absolute Gasteiger partial charge is 0.125 e. The summed E-state index contributed by atoms with van der Waals surface area (Å²) in [6.07, 6.45) is 3.81. The van der Waals surface area contributed by atoms with E-state index < -0.39 is 0 Å². The Morgan fingerprint density at radius 2 is 2.00 bits per heavy atom. The lowest BCUT2D eigenvalue weighted by atomic mass is 9.93. The highest BCUT2D eigenvalue weighted by atomic mass is 16.3. The molecule has 0 spiro atoms. The maximum absolute atomic E-state index is 9.93. The lowest BCUT2D eigenvalue weighted by Gasteiger charge is -2.28. The predicted molar refractivity (Wildman–Crippen MR) is 59.6 cm³/mol. The number of hydrogen-bond acceptors (Lipinski definition) is 3. The summed E-state index contributed by atoms with van der Waals surface area (Å²) in [6, 6.07) is 0.0751. The first-order chi connectivity index (χ1) is 7.11. The second-order valence-electron chi connectivity index (χ2n) is 4.46. The first-order valence-corrected chi connectivity index (χ1v) is 5.60. The fourth-order valence-electron chi connectivity index (χ4n) is 2.28. The molecule has 0 radical (unpaired) electrons. The normalized spacial score (nSPS) is 26.9. The monoisotopic (exact) mass is 209 g/mol. The Bertz CT molecular complexity index is 359. The quantitative estimate of drug-likeness (QED) is 0.737. The van der Waals surface area contributed by atoms with Crippen LogP contribution in [0.4, 0.5) is 5.82 Å². The van der Waals surface area contributed by atoms with E-state index in [-0.39, 0.29) is 12.1 Å². The number of aromatic nitrogens is 2. The third-order valence-corrected chi connectivity index (χ3v) is 3.44. The van der Waals surface area contributed by atoms with Gasteiger partial charge in [0, 0.05) is 5.56 Å². The van der Waals surface area contributed by atoms with Crippen molar-refractivity contribution in [1.29, 1.82) is 0 Å². The van der Waals surface area contributed by atoms with Gasteiger partial charge in [0.05, 0.1) is 17.8 Å². The van der Waals surface area contributed by atoms with E-state index >= 15 is 0 Å². The van der Waals surface area contributed by atoms with Crippen LogP contribution in [0.1, 0.15) is 43.0 Å². The molecule has 84 valence electrons. The van der Waals surface area contributed by atoms with E-state index in [1.165, 1.54) is 0 Å². The lowest BCUT2D eigenvalue weighted by molar-refractivity contribution is 0.0704. The minimum absolute atomic E-state index is 0.0751. The van der Waals surface area contributed by atoms with E-state index in [1.807, 2.05) is 18.5 Å². The molecule has 0 amide bonds. The molecule has 0 saturated heterocycles. The Morgan fingerprint density at radius 3 is 2.53 bits per heavy atom. The molecule has 2 rings (SSSR count). The number of anilines is 1. The van der Waals surface area contributed by atoms with Crippen molar-refractivity contribution in [2.24, 2.45) is 0 Å². The van der Waals surface area contributed by atoms with Gasteiger partial charge in [-0.15, -0.1) is 0 Å². The predicted octanol–water partition coefficient (Wildman–Crippen LogP) is 1.56. The molecule has 1 aliphatic rings.